The summed E-state index contributed by atoms with van der Waals surface area (Å²) in [6.07, 6.45) is -4.99. The molecule has 128 valence electrons. The Morgan fingerprint density at radius 3 is 2.62 bits per heavy atom. The molecule has 0 spiro atoms. The summed E-state index contributed by atoms with van der Waals surface area (Å²) in [5, 5.41) is 48.6. The van der Waals surface area contributed by atoms with Gasteiger partial charge in [0, 0.05) is 11.6 Å². The molecule has 4 N–H and O–H groups in total. The van der Waals surface area contributed by atoms with Crippen molar-refractivity contribution in [3.05, 3.63) is 36.0 Å². The summed E-state index contributed by atoms with van der Waals surface area (Å²) in [4.78, 5) is 5.61. The van der Waals surface area contributed by atoms with Crippen LogP contribution in [0.1, 0.15) is 5.56 Å². The molecule has 0 bridgehead atoms. The second kappa shape index (κ2) is 6.76. The minimum Gasteiger partial charge on any atom is -0.394 e. The Bertz CT molecular complexity index is 753. The number of para-hydroxylation sites is 1. The van der Waals surface area contributed by atoms with E-state index in [0.717, 1.165) is 10.9 Å². The van der Waals surface area contributed by atoms with E-state index in [-0.39, 0.29) is 6.42 Å². The first-order chi connectivity index (χ1) is 11.6. The largest absolute Gasteiger partial charge is 0.394 e. The molecular weight excluding hydrogens is 316 g/mol. The van der Waals surface area contributed by atoms with E-state index in [1.54, 1.807) is 18.3 Å². The Balaban J connectivity index is 1.90. The van der Waals surface area contributed by atoms with Gasteiger partial charge in [-0.1, -0.05) is 18.2 Å². The third-order valence-electron chi connectivity index (χ3n) is 4.10. The summed E-state index contributed by atoms with van der Waals surface area (Å²) in [5.41, 5.74) is 1.41. The van der Waals surface area contributed by atoms with Crippen LogP contribution in [0.15, 0.2) is 30.5 Å². The summed E-state index contributed by atoms with van der Waals surface area (Å²) in [6, 6.07) is 9.33. The molecule has 8 nitrogen and oxygen atoms in total. The van der Waals surface area contributed by atoms with Crippen LogP contribution in [0.3, 0.4) is 0 Å². The van der Waals surface area contributed by atoms with Crippen molar-refractivity contribution in [3.63, 3.8) is 0 Å². The van der Waals surface area contributed by atoms with Gasteiger partial charge in [-0.3, -0.25) is 0 Å². The van der Waals surface area contributed by atoms with Crippen LogP contribution in [-0.2, 0) is 11.2 Å². The number of aliphatic hydroxyl groups excluding tert-OH is 4. The van der Waals surface area contributed by atoms with Crippen molar-refractivity contribution in [2.75, 3.05) is 6.61 Å². The lowest BCUT2D eigenvalue weighted by molar-refractivity contribution is -0.299. The zero-order chi connectivity index (χ0) is 17.3. The summed E-state index contributed by atoms with van der Waals surface area (Å²) in [5.74, 6) is 0. The fraction of sp³-hybridized carbons (Fsp3) is 0.438. The number of hydrogen-bond acceptors (Lipinski definition) is 7. The van der Waals surface area contributed by atoms with E-state index >= 15 is 0 Å². The fourth-order valence-corrected chi connectivity index (χ4v) is 2.80. The molecular formula is C16H18N2O6. The Kier molecular flexibility index (Phi) is 4.71. The molecule has 5 atom stereocenters. The monoisotopic (exact) mass is 334 g/mol. The minimum atomic E-state index is -1.51. The molecule has 1 aliphatic heterocycles. The van der Waals surface area contributed by atoms with E-state index in [1.807, 2.05) is 12.1 Å². The highest BCUT2D eigenvalue weighted by molar-refractivity contribution is 5.83. The van der Waals surface area contributed by atoms with Crippen molar-refractivity contribution in [2.24, 2.45) is 0 Å². The molecule has 24 heavy (non-hydrogen) atoms. The van der Waals surface area contributed by atoms with Gasteiger partial charge in [-0.15, -0.1) is 0 Å². The number of fused-ring (bicyclic) bond motifs is 1. The smallest absolute Gasteiger partial charge is 0.254 e. The van der Waals surface area contributed by atoms with Gasteiger partial charge in [0.2, 0.25) is 0 Å². The lowest BCUT2D eigenvalue weighted by atomic mass is 9.99. The first kappa shape index (κ1) is 16.7. The van der Waals surface area contributed by atoms with E-state index in [9.17, 15) is 20.4 Å². The predicted molar refractivity (Wildman–Crippen MR) is 81.6 cm³/mol. The predicted octanol–water partition coefficient (Wildman–Crippen LogP) is -1.06. The first-order valence-electron chi connectivity index (χ1n) is 7.50. The normalized spacial score (nSPS) is 30.2. The summed E-state index contributed by atoms with van der Waals surface area (Å²) in [7, 11) is 0. The lowest BCUT2D eigenvalue weighted by Gasteiger charge is -2.39. The Morgan fingerprint density at radius 1 is 1.17 bits per heavy atom. The standard InChI is InChI=1S/C16H18N2O6/c17-6-5-9-7-18(11-4-2-1-3-10(9)11)24-16-15(22)14(21)13(20)12(8-19)23-16/h1-4,7,12-16,19-22H,5,8H2/t12-,13-,14+,15-,16+/m1/s1. The lowest BCUT2D eigenvalue weighted by Crippen LogP contribution is -2.61. The average Bonchev–Trinajstić information content (AvgIpc) is 2.94. The molecule has 0 unspecified atom stereocenters. The highest BCUT2D eigenvalue weighted by atomic mass is 16.8. The van der Waals surface area contributed by atoms with Crippen LogP contribution in [0, 0.1) is 11.3 Å². The van der Waals surface area contributed by atoms with Gasteiger partial charge in [-0.2, -0.15) is 9.99 Å². The van der Waals surface area contributed by atoms with Gasteiger partial charge in [-0.05, 0) is 11.6 Å². The van der Waals surface area contributed by atoms with E-state index in [0.29, 0.717) is 5.52 Å². The topological polar surface area (TPSA) is 128 Å². The number of ether oxygens (including phenoxy) is 1. The Hall–Kier alpha value is -2.15. The maximum Gasteiger partial charge on any atom is 0.254 e. The number of benzene rings is 1. The summed E-state index contributed by atoms with van der Waals surface area (Å²) in [6.45, 7) is -0.531. The molecule has 1 aromatic carbocycles. The quantitative estimate of drug-likeness (QED) is 0.561. The van der Waals surface area contributed by atoms with Crippen LogP contribution in [-0.4, -0.2) is 62.5 Å². The fourth-order valence-electron chi connectivity index (χ4n) is 2.80. The number of aliphatic hydroxyl groups is 4. The van der Waals surface area contributed by atoms with Gasteiger partial charge in [0.1, 0.15) is 24.4 Å². The maximum absolute atomic E-state index is 10.1. The molecule has 0 radical (unpaired) electrons. The van der Waals surface area contributed by atoms with Crippen LogP contribution < -0.4 is 4.84 Å². The van der Waals surface area contributed by atoms with Crippen LogP contribution in [0.2, 0.25) is 0 Å². The molecule has 0 saturated carbocycles. The van der Waals surface area contributed by atoms with Gasteiger partial charge in [0.05, 0.1) is 24.6 Å². The highest BCUT2D eigenvalue weighted by Gasteiger charge is 2.45. The van der Waals surface area contributed by atoms with Crippen LogP contribution in [0.5, 0.6) is 0 Å². The minimum absolute atomic E-state index is 0.186. The van der Waals surface area contributed by atoms with Crippen molar-refractivity contribution in [1.82, 2.24) is 4.73 Å². The third-order valence-corrected chi connectivity index (χ3v) is 4.10. The Labute approximate surface area is 137 Å². The number of nitrogens with zero attached hydrogens (tertiary/aromatic N) is 2. The zero-order valence-electron chi connectivity index (χ0n) is 12.7. The molecule has 3 rings (SSSR count). The SMILES string of the molecule is N#CCc1cn(O[C@@H]2O[C@H](CO)[C@@H](O)[C@H](O)[C@H]2O)c2ccccc12. The third kappa shape index (κ3) is 2.84. The molecule has 1 aliphatic rings. The van der Waals surface area contributed by atoms with Crippen LogP contribution in [0.4, 0.5) is 0 Å². The van der Waals surface area contributed by atoms with E-state index in [1.165, 1.54) is 4.73 Å². The molecule has 1 aromatic heterocycles. The van der Waals surface area contributed by atoms with E-state index in [4.69, 9.17) is 14.8 Å². The highest BCUT2D eigenvalue weighted by Crippen LogP contribution is 2.24. The molecule has 0 amide bonds. The average molecular weight is 334 g/mol. The van der Waals surface area contributed by atoms with Crippen LogP contribution in [0.25, 0.3) is 10.9 Å². The number of rotatable bonds is 4. The zero-order valence-corrected chi connectivity index (χ0v) is 12.7. The summed E-state index contributed by atoms with van der Waals surface area (Å²) >= 11 is 0. The molecule has 1 fully saturated rings. The molecule has 2 heterocycles. The van der Waals surface area contributed by atoms with Gasteiger partial charge in [0.15, 0.2) is 0 Å². The number of hydrogen-bond donors (Lipinski definition) is 4. The Morgan fingerprint density at radius 2 is 1.92 bits per heavy atom. The number of nitriles is 1. The first-order valence-corrected chi connectivity index (χ1v) is 7.50. The second-order valence-electron chi connectivity index (χ2n) is 5.63. The van der Waals surface area contributed by atoms with E-state index in [2.05, 4.69) is 6.07 Å². The van der Waals surface area contributed by atoms with Crippen LogP contribution >= 0.6 is 0 Å². The number of aromatic nitrogens is 1. The maximum atomic E-state index is 10.1. The summed E-state index contributed by atoms with van der Waals surface area (Å²) < 4.78 is 6.69. The molecule has 2 aromatic rings. The van der Waals surface area contributed by atoms with E-state index < -0.39 is 37.3 Å². The van der Waals surface area contributed by atoms with Gasteiger partial charge >= 0.3 is 0 Å². The molecule has 1 saturated heterocycles. The van der Waals surface area contributed by atoms with Crippen molar-refractivity contribution < 1.29 is 30.0 Å². The van der Waals surface area contributed by atoms with Gasteiger partial charge in [-0.25, -0.2) is 0 Å². The van der Waals surface area contributed by atoms with Crippen molar-refractivity contribution >= 4 is 10.9 Å². The van der Waals surface area contributed by atoms with Gasteiger partial charge < -0.3 is 30.0 Å². The molecule has 8 heteroatoms. The molecule has 0 aliphatic carbocycles. The van der Waals surface area contributed by atoms with Gasteiger partial charge in [0.25, 0.3) is 6.29 Å². The second-order valence-corrected chi connectivity index (χ2v) is 5.63. The van der Waals surface area contributed by atoms with Crippen molar-refractivity contribution in [2.45, 2.75) is 37.1 Å². The van der Waals surface area contributed by atoms with Crippen molar-refractivity contribution in [3.8, 4) is 6.07 Å². The van der Waals surface area contributed by atoms with Crippen molar-refractivity contribution in [1.29, 1.82) is 5.26 Å².